The van der Waals surface area contributed by atoms with Crippen molar-refractivity contribution in [2.75, 3.05) is 17.6 Å². The summed E-state index contributed by atoms with van der Waals surface area (Å²) in [5.41, 5.74) is 8.07. The van der Waals surface area contributed by atoms with Crippen LogP contribution in [0.1, 0.15) is 31.7 Å². The Hall–Kier alpha value is -1.25. The number of anilines is 2. The molecule has 3 nitrogen and oxygen atoms in total. The molecular weight excluding hydrogens is 186 g/mol. The first kappa shape index (κ1) is 10.3. The molecule has 1 aromatic rings. The maximum absolute atomic E-state index is 5.66. The lowest BCUT2D eigenvalue weighted by Gasteiger charge is -2.15. The van der Waals surface area contributed by atoms with E-state index in [0.717, 1.165) is 23.6 Å². The molecule has 2 rings (SSSR count). The van der Waals surface area contributed by atoms with E-state index in [1.807, 2.05) is 13.0 Å². The molecule has 1 aliphatic rings. The molecule has 0 atom stereocenters. The number of nitrogens with one attached hydrogen (secondary N) is 1. The van der Waals surface area contributed by atoms with Crippen molar-refractivity contribution in [2.45, 2.75) is 33.1 Å². The number of hydrogen-bond acceptors (Lipinski definition) is 3. The predicted octanol–water partition coefficient (Wildman–Crippen LogP) is 2.57. The Morgan fingerprint density at radius 1 is 1.53 bits per heavy atom. The van der Waals surface area contributed by atoms with E-state index in [1.165, 1.54) is 19.3 Å². The van der Waals surface area contributed by atoms with Crippen LogP contribution in [-0.4, -0.2) is 11.5 Å². The first-order valence-electron chi connectivity index (χ1n) is 5.61. The molecule has 0 aromatic carbocycles. The Labute approximate surface area is 91.1 Å². The van der Waals surface area contributed by atoms with Gasteiger partial charge < -0.3 is 11.1 Å². The van der Waals surface area contributed by atoms with Gasteiger partial charge in [0.2, 0.25) is 0 Å². The molecule has 1 aromatic heterocycles. The molecule has 1 heterocycles. The summed E-state index contributed by atoms with van der Waals surface area (Å²) in [5.74, 6) is 0.976. The Bertz CT molecular complexity index is 356. The molecule has 82 valence electrons. The summed E-state index contributed by atoms with van der Waals surface area (Å²) in [6, 6.07) is 1.96. The number of aryl methyl sites for hydroxylation is 1. The molecule has 0 unspecified atom stereocenters. The van der Waals surface area contributed by atoms with Gasteiger partial charge in [0.05, 0.1) is 11.9 Å². The van der Waals surface area contributed by atoms with Crippen molar-refractivity contribution in [3.63, 3.8) is 0 Å². The molecule has 0 amide bonds. The van der Waals surface area contributed by atoms with E-state index in [4.69, 9.17) is 5.73 Å². The second-order valence-corrected chi connectivity index (χ2v) is 4.64. The van der Waals surface area contributed by atoms with Crippen molar-refractivity contribution in [2.24, 2.45) is 5.41 Å². The average Bonchev–Trinajstić information content (AvgIpc) is 2.97. The van der Waals surface area contributed by atoms with Crippen molar-refractivity contribution in [1.29, 1.82) is 0 Å². The average molecular weight is 205 g/mol. The van der Waals surface area contributed by atoms with Gasteiger partial charge in [0.25, 0.3) is 0 Å². The summed E-state index contributed by atoms with van der Waals surface area (Å²) in [6.07, 6.45) is 5.67. The normalized spacial score (nSPS) is 17.5. The van der Waals surface area contributed by atoms with Gasteiger partial charge in [-0.05, 0) is 43.2 Å². The van der Waals surface area contributed by atoms with Crippen LogP contribution in [0.25, 0.3) is 0 Å². The summed E-state index contributed by atoms with van der Waals surface area (Å²) in [6.45, 7) is 5.34. The molecule has 1 saturated carbocycles. The summed E-state index contributed by atoms with van der Waals surface area (Å²) < 4.78 is 0. The zero-order valence-corrected chi connectivity index (χ0v) is 9.51. The molecule has 1 fully saturated rings. The fourth-order valence-corrected chi connectivity index (χ4v) is 1.88. The zero-order chi connectivity index (χ0) is 10.9. The smallest absolute Gasteiger partial charge is 0.129 e. The minimum atomic E-state index is 0.551. The molecule has 0 spiro atoms. The van der Waals surface area contributed by atoms with Crippen LogP contribution in [-0.2, 0) is 0 Å². The van der Waals surface area contributed by atoms with Crippen LogP contribution >= 0.6 is 0 Å². The SMILES string of the molecule is CCC1(CNc2ncc(N)cc2C)CC1. The first-order valence-corrected chi connectivity index (χ1v) is 5.61. The highest BCUT2D eigenvalue weighted by Crippen LogP contribution is 2.48. The number of pyridine rings is 1. The summed E-state index contributed by atoms with van der Waals surface area (Å²) in [4.78, 5) is 4.31. The van der Waals surface area contributed by atoms with Gasteiger partial charge in [-0.25, -0.2) is 4.98 Å². The highest BCUT2D eigenvalue weighted by molar-refractivity contribution is 5.50. The number of hydrogen-bond donors (Lipinski definition) is 2. The van der Waals surface area contributed by atoms with E-state index in [0.29, 0.717) is 5.41 Å². The maximum atomic E-state index is 5.66. The van der Waals surface area contributed by atoms with E-state index < -0.39 is 0 Å². The first-order chi connectivity index (χ1) is 7.15. The van der Waals surface area contributed by atoms with Gasteiger partial charge in [-0.2, -0.15) is 0 Å². The number of nitrogen functional groups attached to an aromatic ring is 1. The molecular formula is C12H19N3. The van der Waals surface area contributed by atoms with Crippen molar-refractivity contribution in [1.82, 2.24) is 4.98 Å². The summed E-state index contributed by atoms with van der Waals surface area (Å²) in [5, 5.41) is 3.43. The fraction of sp³-hybridized carbons (Fsp3) is 0.583. The Morgan fingerprint density at radius 3 is 2.80 bits per heavy atom. The van der Waals surface area contributed by atoms with E-state index in [-0.39, 0.29) is 0 Å². The molecule has 0 bridgehead atoms. The highest BCUT2D eigenvalue weighted by Gasteiger charge is 2.40. The summed E-state index contributed by atoms with van der Waals surface area (Å²) in [7, 11) is 0. The number of nitrogens with two attached hydrogens (primary N) is 1. The predicted molar refractivity (Wildman–Crippen MR) is 63.8 cm³/mol. The molecule has 15 heavy (non-hydrogen) atoms. The van der Waals surface area contributed by atoms with Crippen LogP contribution in [0.5, 0.6) is 0 Å². The van der Waals surface area contributed by atoms with Crippen LogP contribution in [0.3, 0.4) is 0 Å². The van der Waals surface area contributed by atoms with Crippen molar-refractivity contribution >= 4 is 11.5 Å². The highest BCUT2D eigenvalue weighted by atomic mass is 15.0. The molecule has 1 aliphatic carbocycles. The number of aromatic nitrogens is 1. The van der Waals surface area contributed by atoms with Gasteiger partial charge in [0.1, 0.15) is 5.82 Å². The van der Waals surface area contributed by atoms with Crippen molar-refractivity contribution < 1.29 is 0 Å². The number of nitrogens with zero attached hydrogens (tertiary/aromatic N) is 1. The third-order valence-electron chi connectivity index (χ3n) is 3.44. The minimum absolute atomic E-state index is 0.551. The van der Waals surface area contributed by atoms with E-state index >= 15 is 0 Å². The lowest BCUT2D eigenvalue weighted by Crippen LogP contribution is -2.15. The van der Waals surface area contributed by atoms with Gasteiger partial charge in [0, 0.05) is 6.54 Å². The van der Waals surface area contributed by atoms with Gasteiger partial charge in [-0.3, -0.25) is 0 Å². The number of rotatable bonds is 4. The van der Waals surface area contributed by atoms with Crippen LogP contribution in [0, 0.1) is 12.3 Å². The van der Waals surface area contributed by atoms with Crippen LogP contribution < -0.4 is 11.1 Å². The Balaban J connectivity index is 1.99. The lowest BCUT2D eigenvalue weighted by atomic mass is 10.0. The second kappa shape index (κ2) is 3.72. The van der Waals surface area contributed by atoms with Crippen LogP contribution in [0.4, 0.5) is 11.5 Å². The molecule has 3 N–H and O–H groups in total. The summed E-state index contributed by atoms with van der Waals surface area (Å²) >= 11 is 0. The molecule has 3 heteroatoms. The molecule has 0 saturated heterocycles. The van der Waals surface area contributed by atoms with Crippen LogP contribution in [0.2, 0.25) is 0 Å². The van der Waals surface area contributed by atoms with Gasteiger partial charge in [-0.1, -0.05) is 6.92 Å². The van der Waals surface area contributed by atoms with Crippen LogP contribution in [0.15, 0.2) is 12.3 Å². The van der Waals surface area contributed by atoms with Gasteiger partial charge in [-0.15, -0.1) is 0 Å². The van der Waals surface area contributed by atoms with E-state index in [9.17, 15) is 0 Å². The van der Waals surface area contributed by atoms with Gasteiger partial charge >= 0.3 is 0 Å². The zero-order valence-electron chi connectivity index (χ0n) is 9.51. The molecule has 0 aliphatic heterocycles. The second-order valence-electron chi connectivity index (χ2n) is 4.64. The standard InChI is InChI=1S/C12H19N3/c1-3-12(4-5-12)8-15-11-9(2)6-10(13)7-14-11/h6-7H,3-5,8,13H2,1-2H3,(H,14,15). The van der Waals surface area contributed by atoms with E-state index in [1.54, 1.807) is 6.20 Å². The lowest BCUT2D eigenvalue weighted by molar-refractivity contribution is 0.520. The molecule has 0 radical (unpaired) electrons. The fourth-order valence-electron chi connectivity index (χ4n) is 1.88. The monoisotopic (exact) mass is 205 g/mol. The van der Waals surface area contributed by atoms with Crippen molar-refractivity contribution in [3.8, 4) is 0 Å². The Morgan fingerprint density at radius 2 is 2.27 bits per heavy atom. The minimum Gasteiger partial charge on any atom is -0.397 e. The van der Waals surface area contributed by atoms with Gasteiger partial charge in [0.15, 0.2) is 0 Å². The third kappa shape index (κ3) is 2.22. The van der Waals surface area contributed by atoms with E-state index in [2.05, 4.69) is 17.2 Å². The largest absolute Gasteiger partial charge is 0.397 e. The topological polar surface area (TPSA) is 50.9 Å². The van der Waals surface area contributed by atoms with Crippen molar-refractivity contribution in [3.05, 3.63) is 17.8 Å². The maximum Gasteiger partial charge on any atom is 0.129 e. The Kier molecular flexibility index (Phi) is 2.55. The third-order valence-corrected chi connectivity index (χ3v) is 3.44. The quantitative estimate of drug-likeness (QED) is 0.794.